The van der Waals surface area contributed by atoms with Crippen molar-refractivity contribution in [3.63, 3.8) is 0 Å². The molecule has 7 aromatic rings. The van der Waals surface area contributed by atoms with E-state index in [0.29, 0.717) is 0 Å². The molecule has 0 bridgehead atoms. The molecule has 0 spiro atoms. The number of benzene rings is 3. The van der Waals surface area contributed by atoms with Crippen LogP contribution in [0.4, 0.5) is 0 Å². The molecule has 4 aromatic heterocycles. The zero-order valence-electron chi connectivity index (χ0n) is 22.2. The van der Waals surface area contributed by atoms with Gasteiger partial charge in [-0.05, 0) is 30.7 Å². The van der Waals surface area contributed by atoms with E-state index in [4.69, 9.17) is 19.9 Å². The number of imidazole rings is 1. The van der Waals surface area contributed by atoms with Gasteiger partial charge < -0.3 is 0 Å². The zero-order chi connectivity index (χ0) is 27.2. The average molecular weight is 528 g/mol. The Morgan fingerprint density at radius 2 is 1.37 bits per heavy atom. The molecule has 0 N–H and O–H groups in total. The maximum Gasteiger partial charge on any atom is 0.165 e. The second-order valence-corrected chi connectivity index (χ2v) is 10.3. The summed E-state index contributed by atoms with van der Waals surface area (Å²) in [7, 11) is 0. The smallest absolute Gasteiger partial charge is 0.165 e. The first kappa shape index (κ1) is 23.5. The fourth-order valence-corrected chi connectivity index (χ4v) is 5.69. The van der Waals surface area contributed by atoms with E-state index in [-0.39, 0.29) is 5.92 Å². The summed E-state index contributed by atoms with van der Waals surface area (Å²) in [5.41, 5.74) is 8.55. The predicted molar refractivity (Wildman–Crippen MR) is 166 cm³/mol. The molecule has 1 unspecified atom stereocenters. The standard InChI is InChI=1S/C36H25N5/c1-3-12-24(13-4-1)30-23-31(38-35(37-30)25-14-5-2-6-15-25)26-16-11-17-27(22-26)33-28-18-7-8-19-29(28)34-36(40-33)41-21-10-9-20-32(41)39-34/h1-14,16-23,25H,15H2. The van der Waals surface area contributed by atoms with E-state index >= 15 is 0 Å². The van der Waals surface area contributed by atoms with Crippen molar-refractivity contribution in [3.05, 3.63) is 139 Å². The van der Waals surface area contributed by atoms with Crippen molar-refractivity contribution in [2.45, 2.75) is 12.3 Å². The first-order valence-corrected chi connectivity index (χ1v) is 13.9. The lowest BCUT2D eigenvalue weighted by molar-refractivity contribution is 0.775. The van der Waals surface area contributed by atoms with E-state index in [2.05, 4.69) is 95.4 Å². The quantitative estimate of drug-likeness (QED) is 0.231. The van der Waals surface area contributed by atoms with Gasteiger partial charge in [-0.1, -0.05) is 103 Å². The highest BCUT2D eigenvalue weighted by Gasteiger charge is 2.18. The van der Waals surface area contributed by atoms with Crippen molar-refractivity contribution in [1.82, 2.24) is 24.3 Å². The van der Waals surface area contributed by atoms with Gasteiger partial charge in [0.15, 0.2) is 5.65 Å². The topological polar surface area (TPSA) is 56.0 Å². The Kier molecular flexibility index (Phi) is 5.52. The van der Waals surface area contributed by atoms with Gasteiger partial charge in [0, 0.05) is 39.6 Å². The Balaban J connectivity index is 1.32. The summed E-state index contributed by atoms with van der Waals surface area (Å²) in [6.45, 7) is 0. The number of allylic oxidation sites excluding steroid dienone is 4. The van der Waals surface area contributed by atoms with Gasteiger partial charge in [-0.15, -0.1) is 0 Å². The molecule has 0 radical (unpaired) electrons. The Hall–Kier alpha value is -5.42. The van der Waals surface area contributed by atoms with E-state index in [1.165, 1.54) is 0 Å². The number of fused-ring (bicyclic) bond motifs is 5. The molecule has 0 saturated heterocycles. The lowest BCUT2D eigenvalue weighted by Crippen LogP contribution is -2.05. The summed E-state index contributed by atoms with van der Waals surface area (Å²) in [6.07, 6.45) is 11.4. The fraction of sp³-hybridized carbons (Fsp3) is 0.0556. The summed E-state index contributed by atoms with van der Waals surface area (Å²) in [5, 5.41) is 2.17. The second kappa shape index (κ2) is 9.65. The Bertz CT molecular complexity index is 2140. The number of hydrogen-bond acceptors (Lipinski definition) is 4. The normalized spacial score (nSPS) is 14.8. The van der Waals surface area contributed by atoms with Crippen molar-refractivity contribution in [2.75, 3.05) is 0 Å². The number of pyridine rings is 2. The van der Waals surface area contributed by atoms with Crippen LogP contribution in [0.5, 0.6) is 0 Å². The van der Waals surface area contributed by atoms with Crippen LogP contribution in [0.2, 0.25) is 0 Å². The summed E-state index contributed by atoms with van der Waals surface area (Å²) in [5.74, 6) is 0.983. The minimum Gasteiger partial charge on any atom is -0.284 e. The van der Waals surface area contributed by atoms with Crippen LogP contribution in [0.15, 0.2) is 134 Å². The molecule has 8 rings (SSSR count). The highest BCUT2D eigenvalue weighted by Crippen LogP contribution is 2.35. The predicted octanol–water partition coefficient (Wildman–Crippen LogP) is 8.43. The molecule has 5 heteroatoms. The highest BCUT2D eigenvalue weighted by molar-refractivity contribution is 6.09. The summed E-state index contributed by atoms with van der Waals surface area (Å²) < 4.78 is 2.06. The van der Waals surface area contributed by atoms with Gasteiger partial charge in [-0.25, -0.2) is 19.9 Å². The molecule has 4 heterocycles. The van der Waals surface area contributed by atoms with Gasteiger partial charge >= 0.3 is 0 Å². The molecule has 41 heavy (non-hydrogen) atoms. The Morgan fingerprint density at radius 1 is 0.610 bits per heavy atom. The Labute approximate surface area is 237 Å². The first-order valence-electron chi connectivity index (χ1n) is 13.9. The number of nitrogens with zero attached hydrogens (tertiary/aromatic N) is 5. The largest absolute Gasteiger partial charge is 0.284 e. The van der Waals surface area contributed by atoms with Gasteiger partial charge in [0.1, 0.15) is 17.0 Å². The fourth-order valence-electron chi connectivity index (χ4n) is 5.69. The first-order chi connectivity index (χ1) is 20.3. The third-order valence-corrected chi connectivity index (χ3v) is 7.72. The number of aromatic nitrogens is 5. The van der Waals surface area contributed by atoms with Crippen LogP contribution in [-0.2, 0) is 0 Å². The molecular formula is C36H25N5. The van der Waals surface area contributed by atoms with E-state index in [0.717, 1.165) is 73.6 Å². The number of rotatable bonds is 4. The molecule has 0 fully saturated rings. The van der Waals surface area contributed by atoms with Gasteiger partial charge in [-0.3, -0.25) is 4.40 Å². The highest BCUT2D eigenvalue weighted by atomic mass is 15.1. The third-order valence-electron chi connectivity index (χ3n) is 7.72. The van der Waals surface area contributed by atoms with Crippen LogP contribution in [0, 0.1) is 0 Å². The lowest BCUT2D eigenvalue weighted by atomic mass is 9.98. The summed E-state index contributed by atoms with van der Waals surface area (Å²) in [6, 6.07) is 35.4. The van der Waals surface area contributed by atoms with Crippen LogP contribution in [0.25, 0.3) is 61.4 Å². The minimum absolute atomic E-state index is 0.147. The van der Waals surface area contributed by atoms with E-state index in [9.17, 15) is 0 Å². The Morgan fingerprint density at radius 3 is 2.22 bits per heavy atom. The molecule has 1 aliphatic carbocycles. The SMILES string of the molecule is C1=CCC(c2nc(-c3ccccc3)cc(-c3cccc(-c4nc5c(nc6ccccn65)c5ccccc45)c3)n2)C=C1. The van der Waals surface area contributed by atoms with Crippen LogP contribution in [0.3, 0.4) is 0 Å². The molecule has 3 aromatic carbocycles. The maximum atomic E-state index is 5.20. The maximum absolute atomic E-state index is 5.20. The zero-order valence-corrected chi connectivity index (χ0v) is 22.2. The van der Waals surface area contributed by atoms with Crippen molar-refractivity contribution < 1.29 is 0 Å². The van der Waals surface area contributed by atoms with Crippen molar-refractivity contribution in [3.8, 4) is 33.8 Å². The van der Waals surface area contributed by atoms with E-state index in [1.54, 1.807) is 0 Å². The molecule has 194 valence electrons. The van der Waals surface area contributed by atoms with Gasteiger partial charge in [0.25, 0.3) is 0 Å². The molecule has 0 amide bonds. The lowest BCUT2D eigenvalue weighted by Gasteiger charge is -2.15. The van der Waals surface area contributed by atoms with Crippen molar-refractivity contribution in [2.24, 2.45) is 0 Å². The molecule has 5 nitrogen and oxygen atoms in total. The second-order valence-electron chi connectivity index (χ2n) is 10.3. The van der Waals surface area contributed by atoms with Crippen LogP contribution < -0.4 is 0 Å². The molecule has 0 aliphatic heterocycles. The van der Waals surface area contributed by atoms with Gasteiger partial charge in [0.05, 0.1) is 17.1 Å². The van der Waals surface area contributed by atoms with E-state index in [1.807, 2.05) is 42.6 Å². The third kappa shape index (κ3) is 4.10. The number of hydrogen-bond donors (Lipinski definition) is 0. The van der Waals surface area contributed by atoms with Gasteiger partial charge in [0.2, 0.25) is 0 Å². The van der Waals surface area contributed by atoms with Crippen molar-refractivity contribution >= 4 is 27.6 Å². The van der Waals surface area contributed by atoms with E-state index < -0.39 is 0 Å². The van der Waals surface area contributed by atoms with Crippen LogP contribution in [0.1, 0.15) is 18.2 Å². The monoisotopic (exact) mass is 527 g/mol. The molecule has 0 saturated carbocycles. The van der Waals surface area contributed by atoms with Crippen LogP contribution in [-0.4, -0.2) is 24.3 Å². The molecule has 1 aliphatic rings. The van der Waals surface area contributed by atoms with Crippen molar-refractivity contribution in [1.29, 1.82) is 0 Å². The summed E-state index contributed by atoms with van der Waals surface area (Å²) in [4.78, 5) is 20.2. The van der Waals surface area contributed by atoms with Gasteiger partial charge in [-0.2, -0.15) is 0 Å². The molecular weight excluding hydrogens is 502 g/mol. The molecule has 1 atom stereocenters. The average Bonchev–Trinajstić information content (AvgIpc) is 3.44. The van der Waals surface area contributed by atoms with Crippen LogP contribution >= 0.6 is 0 Å². The minimum atomic E-state index is 0.147. The summed E-state index contributed by atoms with van der Waals surface area (Å²) >= 11 is 0.